The minimum absolute atomic E-state index is 0.172. The van der Waals surface area contributed by atoms with E-state index in [1.54, 1.807) is 20.0 Å². The van der Waals surface area contributed by atoms with Gasteiger partial charge in [0.15, 0.2) is 0 Å². The SMILES string of the molecule is COC(=O)CC(C)(NC(=O)c1cc(C(N)=O)cn1C)c1cccc(F)c1. The van der Waals surface area contributed by atoms with E-state index in [-0.39, 0.29) is 17.7 Å². The summed E-state index contributed by atoms with van der Waals surface area (Å²) in [5.41, 5.74) is 4.76. The summed E-state index contributed by atoms with van der Waals surface area (Å²) in [7, 11) is 2.81. The summed E-state index contributed by atoms with van der Waals surface area (Å²) in [5.74, 6) is -2.28. The number of aryl methyl sites for hydroxylation is 1. The molecule has 0 bridgehead atoms. The minimum atomic E-state index is -1.22. The lowest BCUT2D eigenvalue weighted by molar-refractivity contribution is -0.142. The predicted octanol–water partition coefficient (Wildman–Crippen LogP) is 1.47. The van der Waals surface area contributed by atoms with E-state index in [9.17, 15) is 18.8 Å². The van der Waals surface area contributed by atoms with Crippen molar-refractivity contribution < 1.29 is 23.5 Å². The molecule has 0 spiro atoms. The third-order valence-electron chi connectivity index (χ3n) is 4.10. The van der Waals surface area contributed by atoms with Crippen LogP contribution in [0, 0.1) is 5.82 Å². The van der Waals surface area contributed by atoms with Gasteiger partial charge in [-0.15, -0.1) is 0 Å². The molecule has 0 saturated heterocycles. The molecular weight excluding hydrogens is 341 g/mol. The van der Waals surface area contributed by atoms with Gasteiger partial charge in [0, 0.05) is 13.2 Å². The molecule has 0 aliphatic rings. The van der Waals surface area contributed by atoms with Crippen molar-refractivity contribution >= 4 is 17.8 Å². The second-order valence-corrected chi connectivity index (χ2v) is 6.14. The van der Waals surface area contributed by atoms with E-state index in [2.05, 4.69) is 5.32 Å². The van der Waals surface area contributed by atoms with Crippen LogP contribution in [0.1, 0.15) is 39.8 Å². The third kappa shape index (κ3) is 4.08. The lowest BCUT2D eigenvalue weighted by Gasteiger charge is -2.30. The number of carbonyl (C=O) groups excluding carboxylic acids is 3. The number of methoxy groups -OCH3 is 1. The lowest BCUT2D eigenvalue weighted by Crippen LogP contribution is -2.45. The van der Waals surface area contributed by atoms with E-state index in [4.69, 9.17) is 10.5 Å². The number of halogens is 1. The van der Waals surface area contributed by atoms with Crippen LogP contribution in [-0.2, 0) is 22.1 Å². The maximum Gasteiger partial charge on any atom is 0.308 e. The van der Waals surface area contributed by atoms with Gasteiger partial charge in [-0.3, -0.25) is 14.4 Å². The van der Waals surface area contributed by atoms with Gasteiger partial charge in [0.05, 0.1) is 24.6 Å². The Balaban J connectivity index is 2.39. The largest absolute Gasteiger partial charge is 0.469 e. The first kappa shape index (κ1) is 19.2. The number of hydrogen-bond donors (Lipinski definition) is 2. The molecule has 0 saturated carbocycles. The smallest absolute Gasteiger partial charge is 0.308 e. The van der Waals surface area contributed by atoms with Gasteiger partial charge in [-0.25, -0.2) is 4.39 Å². The first-order chi connectivity index (χ1) is 12.2. The average molecular weight is 361 g/mol. The number of primary amides is 1. The molecule has 7 nitrogen and oxygen atoms in total. The van der Waals surface area contributed by atoms with E-state index >= 15 is 0 Å². The Kier molecular flexibility index (Phi) is 5.44. The molecule has 0 aliphatic heterocycles. The number of benzene rings is 1. The number of aromatic nitrogens is 1. The van der Waals surface area contributed by atoms with Crippen molar-refractivity contribution in [1.29, 1.82) is 0 Å². The Morgan fingerprint density at radius 2 is 2.00 bits per heavy atom. The summed E-state index contributed by atoms with van der Waals surface area (Å²) >= 11 is 0. The first-order valence-electron chi connectivity index (χ1n) is 7.78. The highest BCUT2D eigenvalue weighted by Crippen LogP contribution is 2.26. The quantitative estimate of drug-likeness (QED) is 0.761. The van der Waals surface area contributed by atoms with Crippen molar-refractivity contribution in [3.8, 4) is 0 Å². The number of ether oxygens (including phenoxy) is 1. The molecule has 138 valence electrons. The Morgan fingerprint density at radius 1 is 1.31 bits per heavy atom. The van der Waals surface area contributed by atoms with Crippen LogP contribution < -0.4 is 11.1 Å². The van der Waals surface area contributed by atoms with Crippen molar-refractivity contribution in [2.45, 2.75) is 18.9 Å². The minimum Gasteiger partial charge on any atom is -0.469 e. The summed E-state index contributed by atoms with van der Waals surface area (Å²) in [6.45, 7) is 1.59. The molecule has 2 rings (SSSR count). The zero-order chi connectivity index (χ0) is 19.5. The number of rotatable bonds is 6. The van der Waals surface area contributed by atoms with Crippen LogP contribution in [0.15, 0.2) is 36.5 Å². The van der Waals surface area contributed by atoms with Gasteiger partial charge in [-0.05, 0) is 30.7 Å². The molecule has 1 aromatic carbocycles. The second-order valence-electron chi connectivity index (χ2n) is 6.14. The standard InChI is InChI=1S/C18H20FN3O4/c1-18(9-15(23)26-3,12-5-4-6-13(19)8-12)21-17(25)14-7-11(16(20)24)10-22(14)2/h4-8,10H,9H2,1-3H3,(H2,20,24)(H,21,25). The summed E-state index contributed by atoms with van der Waals surface area (Å²) in [6.07, 6.45) is 1.23. The fraction of sp³-hybridized carbons (Fsp3) is 0.278. The summed E-state index contributed by atoms with van der Waals surface area (Å²) < 4.78 is 19.8. The van der Waals surface area contributed by atoms with Crippen LogP contribution in [0.5, 0.6) is 0 Å². The lowest BCUT2D eigenvalue weighted by atomic mass is 9.88. The highest BCUT2D eigenvalue weighted by Gasteiger charge is 2.33. The number of nitrogens with two attached hydrogens (primary N) is 1. The molecule has 0 aliphatic carbocycles. The van der Waals surface area contributed by atoms with Crippen molar-refractivity contribution in [1.82, 2.24) is 9.88 Å². The molecule has 1 aromatic heterocycles. The highest BCUT2D eigenvalue weighted by molar-refractivity contribution is 5.99. The van der Waals surface area contributed by atoms with Crippen molar-refractivity contribution in [2.24, 2.45) is 12.8 Å². The van der Waals surface area contributed by atoms with E-state index in [0.29, 0.717) is 5.56 Å². The first-order valence-corrected chi connectivity index (χ1v) is 7.78. The summed E-state index contributed by atoms with van der Waals surface area (Å²) in [5, 5.41) is 2.73. The van der Waals surface area contributed by atoms with Gasteiger partial charge in [-0.2, -0.15) is 0 Å². The fourth-order valence-electron chi connectivity index (χ4n) is 2.65. The van der Waals surface area contributed by atoms with E-state index in [1.807, 2.05) is 0 Å². The van der Waals surface area contributed by atoms with E-state index in [0.717, 1.165) is 0 Å². The van der Waals surface area contributed by atoms with Gasteiger partial charge in [-0.1, -0.05) is 12.1 Å². The van der Waals surface area contributed by atoms with E-state index in [1.165, 1.54) is 42.1 Å². The van der Waals surface area contributed by atoms with Crippen LogP contribution in [0.3, 0.4) is 0 Å². The molecule has 8 heteroatoms. The molecular formula is C18H20FN3O4. The Morgan fingerprint density at radius 3 is 2.54 bits per heavy atom. The molecule has 1 heterocycles. The maximum absolute atomic E-state index is 13.6. The Labute approximate surface area is 149 Å². The second kappa shape index (κ2) is 7.38. The molecule has 1 unspecified atom stereocenters. The van der Waals surface area contributed by atoms with Crippen LogP contribution in [0.25, 0.3) is 0 Å². The van der Waals surface area contributed by atoms with Gasteiger partial charge >= 0.3 is 5.97 Å². The maximum atomic E-state index is 13.6. The van der Waals surface area contributed by atoms with Crippen LogP contribution in [0.2, 0.25) is 0 Å². The van der Waals surface area contributed by atoms with Gasteiger partial charge in [0.2, 0.25) is 5.91 Å². The van der Waals surface area contributed by atoms with Crippen LogP contribution in [-0.4, -0.2) is 29.5 Å². The average Bonchev–Trinajstić information content (AvgIpc) is 2.97. The highest BCUT2D eigenvalue weighted by atomic mass is 19.1. The van der Waals surface area contributed by atoms with Crippen molar-refractivity contribution in [3.05, 3.63) is 59.2 Å². The Hall–Kier alpha value is -3.16. The molecule has 0 radical (unpaired) electrons. The van der Waals surface area contributed by atoms with Crippen molar-refractivity contribution in [3.63, 3.8) is 0 Å². The topological polar surface area (TPSA) is 103 Å². The molecule has 3 N–H and O–H groups in total. The number of hydrogen-bond acceptors (Lipinski definition) is 4. The van der Waals surface area contributed by atoms with Crippen molar-refractivity contribution in [2.75, 3.05) is 7.11 Å². The fourth-order valence-corrected chi connectivity index (χ4v) is 2.65. The zero-order valence-electron chi connectivity index (χ0n) is 14.7. The van der Waals surface area contributed by atoms with Gasteiger partial charge < -0.3 is 20.4 Å². The molecule has 0 fully saturated rings. The molecule has 2 amide bonds. The number of nitrogens with one attached hydrogen (secondary N) is 1. The monoisotopic (exact) mass is 361 g/mol. The predicted molar refractivity (Wildman–Crippen MR) is 91.8 cm³/mol. The summed E-state index contributed by atoms with van der Waals surface area (Å²) in [6, 6.07) is 6.94. The number of carbonyl (C=O) groups is 3. The van der Waals surface area contributed by atoms with E-state index < -0.39 is 29.1 Å². The normalized spacial score (nSPS) is 12.9. The number of amides is 2. The van der Waals surface area contributed by atoms with Gasteiger partial charge in [0.25, 0.3) is 5.91 Å². The Bertz CT molecular complexity index is 862. The van der Waals surface area contributed by atoms with Crippen LogP contribution >= 0.6 is 0 Å². The zero-order valence-corrected chi connectivity index (χ0v) is 14.7. The molecule has 26 heavy (non-hydrogen) atoms. The number of esters is 1. The van der Waals surface area contributed by atoms with Gasteiger partial charge in [0.1, 0.15) is 11.5 Å². The molecule has 1 atom stereocenters. The molecule has 2 aromatic rings. The summed E-state index contributed by atoms with van der Waals surface area (Å²) in [4.78, 5) is 35.8. The number of nitrogens with zero attached hydrogens (tertiary/aromatic N) is 1. The third-order valence-corrected chi connectivity index (χ3v) is 4.10. The van der Waals surface area contributed by atoms with Crippen LogP contribution in [0.4, 0.5) is 4.39 Å².